The molecule has 222 valence electrons. The molecule has 0 heterocycles. The third kappa shape index (κ3) is 9.48. The average molecular weight is 558 g/mol. The van der Waals surface area contributed by atoms with E-state index in [-0.39, 0.29) is 24.3 Å². The molecule has 6 nitrogen and oxygen atoms in total. The van der Waals surface area contributed by atoms with Gasteiger partial charge in [0.2, 0.25) is 0 Å². The summed E-state index contributed by atoms with van der Waals surface area (Å²) in [6.45, 7) is 14.1. The van der Waals surface area contributed by atoms with E-state index in [9.17, 15) is 4.79 Å². The van der Waals surface area contributed by atoms with Crippen LogP contribution in [0.5, 0.6) is 11.5 Å². The maximum Gasteiger partial charge on any atom is 0.306 e. The number of ether oxygens (including phenoxy) is 4. The molecule has 1 fully saturated rings. The molecular formula is C33H48FNO5. The van der Waals surface area contributed by atoms with Crippen LogP contribution >= 0.6 is 0 Å². The molecule has 0 saturated heterocycles. The Balaban J connectivity index is 1.60. The summed E-state index contributed by atoms with van der Waals surface area (Å²) in [5.41, 5.74) is 5.00. The smallest absolute Gasteiger partial charge is 0.306 e. The zero-order valence-corrected chi connectivity index (χ0v) is 25.4. The minimum absolute atomic E-state index is 0.0878. The Morgan fingerprint density at radius 3 is 2.42 bits per heavy atom. The van der Waals surface area contributed by atoms with Gasteiger partial charge in [0.25, 0.3) is 0 Å². The van der Waals surface area contributed by atoms with Crippen molar-refractivity contribution in [3.8, 4) is 22.6 Å². The Labute approximate surface area is 239 Å². The normalized spacial score (nSPS) is 19.4. The lowest BCUT2D eigenvalue weighted by molar-refractivity contribution is -0.155. The van der Waals surface area contributed by atoms with Gasteiger partial charge in [0.15, 0.2) is 0 Å². The van der Waals surface area contributed by atoms with Gasteiger partial charge in [-0.05, 0) is 120 Å². The molecule has 2 aromatic rings. The minimum atomic E-state index is -0.917. The molecular weight excluding hydrogens is 509 g/mol. The molecule has 3 atom stereocenters. The first kappa shape index (κ1) is 31.9. The first-order chi connectivity index (χ1) is 19.0. The summed E-state index contributed by atoms with van der Waals surface area (Å²) in [4.78, 5) is 12.1. The fourth-order valence-electron chi connectivity index (χ4n) is 5.50. The van der Waals surface area contributed by atoms with Gasteiger partial charge < -0.3 is 24.3 Å². The highest BCUT2D eigenvalue weighted by atomic mass is 19.1. The summed E-state index contributed by atoms with van der Waals surface area (Å²) in [5.74, 6) is 1.31. The van der Waals surface area contributed by atoms with Crippen LogP contribution in [0.15, 0.2) is 30.3 Å². The molecule has 2 unspecified atom stereocenters. The van der Waals surface area contributed by atoms with E-state index in [0.29, 0.717) is 39.2 Å². The highest BCUT2D eigenvalue weighted by Gasteiger charge is 2.31. The van der Waals surface area contributed by atoms with E-state index in [1.54, 1.807) is 7.11 Å². The summed E-state index contributed by atoms with van der Waals surface area (Å²) >= 11 is 0. The molecule has 7 heteroatoms. The topological polar surface area (TPSA) is 66.0 Å². The van der Waals surface area contributed by atoms with E-state index in [4.69, 9.17) is 18.9 Å². The van der Waals surface area contributed by atoms with Crippen molar-refractivity contribution in [1.29, 1.82) is 0 Å². The molecule has 0 amide bonds. The number of hydrogen-bond acceptors (Lipinski definition) is 6. The summed E-state index contributed by atoms with van der Waals surface area (Å²) < 4.78 is 37.4. The van der Waals surface area contributed by atoms with Gasteiger partial charge >= 0.3 is 5.97 Å². The zero-order valence-electron chi connectivity index (χ0n) is 25.4. The lowest BCUT2D eigenvalue weighted by Gasteiger charge is -2.32. The van der Waals surface area contributed by atoms with Crippen molar-refractivity contribution < 1.29 is 28.1 Å². The molecule has 1 aliphatic rings. The SMILES string of the molecule is CCOCCOc1cc(C)c(-c2cc(CNC3CCC(CCC(=O)OC(C)(C)C)[C@H](F)C3)ccc2OC)c(C)c1. The fraction of sp³-hybridized carbons (Fsp3) is 0.606. The van der Waals surface area contributed by atoms with Crippen molar-refractivity contribution in [2.45, 2.75) is 98.0 Å². The van der Waals surface area contributed by atoms with Gasteiger partial charge in [-0.25, -0.2) is 4.39 Å². The number of esters is 1. The van der Waals surface area contributed by atoms with Crippen LogP contribution in [-0.2, 0) is 20.8 Å². The van der Waals surface area contributed by atoms with Crippen LogP contribution in [0.2, 0.25) is 0 Å². The molecule has 1 saturated carbocycles. The second-order valence-corrected chi connectivity index (χ2v) is 11.8. The third-order valence-corrected chi connectivity index (χ3v) is 7.38. The van der Waals surface area contributed by atoms with Crippen LogP contribution in [-0.4, -0.2) is 50.7 Å². The number of rotatable bonds is 13. The van der Waals surface area contributed by atoms with Crippen molar-refractivity contribution in [3.63, 3.8) is 0 Å². The molecule has 3 rings (SSSR count). The van der Waals surface area contributed by atoms with Gasteiger partial charge in [0.05, 0.1) is 13.7 Å². The van der Waals surface area contributed by atoms with Gasteiger partial charge in [-0.2, -0.15) is 0 Å². The Bertz CT molecular complexity index is 1090. The van der Waals surface area contributed by atoms with Gasteiger partial charge in [-0.3, -0.25) is 4.79 Å². The van der Waals surface area contributed by atoms with Crippen LogP contribution in [0.3, 0.4) is 0 Å². The molecule has 0 radical (unpaired) electrons. The Morgan fingerprint density at radius 2 is 1.80 bits per heavy atom. The molecule has 40 heavy (non-hydrogen) atoms. The predicted octanol–water partition coefficient (Wildman–Crippen LogP) is 7.11. The summed E-state index contributed by atoms with van der Waals surface area (Å²) in [6.07, 6.45) is 2.02. The third-order valence-electron chi connectivity index (χ3n) is 7.38. The second-order valence-electron chi connectivity index (χ2n) is 11.8. The van der Waals surface area contributed by atoms with E-state index >= 15 is 4.39 Å². The summed E-state index contributed by atoms with van der Waals surface area (Å²) in [7, 11) is 1.69. The van der Waals surface area contributed by atoms with Gasteiger partial charge in [0, 0.05) is 31.2 Å². The predicted molar refractivity (Wildman–Crippen MR) is 158 cm³/mol. The van der Waals surface area contributed by atoms with Crippen LogP contribution in [0.25, 0.3) is 11.1 Å². The quantitative estimate of drug-likeness (QED) is 0.209. The average Bonchev–Trinajstić information content (AvgIpc) is 2.88. The number of aryl methyl sites for hydroxylation is 2. The van der Waals surface area contributed by atoms with Crippen LogP contribution in [0.1, 0.15) is 76.5 Å². The van der Waals surface area contributed by atoms with Crippen molar-refractivity contribution in [3.05, 3.63) is 47.0 Å². The van der Waals surface area contributed by atoms with E-state index in [1.165, 1.54) is 0 Å². The highest BCUT2D eigenvalue weighted by molar-refractivity contribution is 5.77. The zero-order chi connectivity index (χ0) is 29.3. The van der Waals surface area contributed by atoms with Crippen LogP contribution < -0.4 is 14.8 Å². The van der Waals surface area contributed by atoms with Crippen molar-refractivity contribution in [1.82, 2.24) is 5.32 Å². The number of methoxy groups -OCH3 is 1. The number of alkyl halides is 1. The number of hydrogen-bond donors (Lipinski definition) is 1. The van der Waals surface area contributed by atoms with Crippen LogP contribution in [0, 0.1) is 19.8 Å². The summed E-state index contributed by atoms with van der Waals surface area (Å²) in [5, 5.41) is 3.57. The van der Waals surface area contributed by atoms with Gasteiger partial charge in [0.1, 0.15) is 29.9 Å². The molecule has 2 aromatic carbocycles. The van der Waals surface area contributed by atoms with Crippen molar-refractivity contribution in [2.75, 3.05) is 26.9 Å². The summed E-state index contributed by atoms with van der Waals surface area (Å²) in [6, 6.07) is 10.4. The number of benzene rings is 2. The number of carbonyl (C=O) groups is 1. The highest BCUT2D eigenvalue weighted by Crippen LogP contribution is 2.38. The lowest BCUT2D eigenvalue weighted by Crippen LogP contribution is -2.38. The molecule has 1 aliphatic carbocycles. The van der Waals surface area contributed by atoms with Crippen molar-refractivity contribution in [2.24, 2.45) is 5.92 Å². The van der Waals surface area contributed by atoms with E-state index in [1.807, 2.05) is 33.8 Å². The number of carbonyl (C=O) groups excluding carboxylic acids is 1. The Kier molecular flexibility index (Phi) is 11.8. The molecule has 0 aromatic heterocycles. The maximum absolute atomic E-state index is 15.0. The van der Waals surface area contributed by atoms with Gasteiger partial charge in [-0.1, -0.05) is 6.07 Å². The molecule has 0 spiro atoms. The molecule has 0 aliphatic heterocycles. The number of halogens is 1. The van der Waals surface area contributed by atoms with E-state index in [2.05, 4.69) is 43.4 Å². The van der Waals surface area contributed by atoms with E-state index < -0.39 is 11.8 Å². The molecule has 0 bridgehead atoms. The van der Waals surface area contributed by atoms with E-state index in [0.717, 1.165) is 52.2 Å². The Morgan fingerprint density at radius 1 is 1.07 bits per heavy atom. The standard InChI is InChI=1S/C33H48FNO5/c1-8-38-15-16-39-27-17-22(2)32(23(3)18-27)28-19-24(9-13-30(28)37-7)21-35-26-12-10-25(29(34)20-26)11-14-31(36)40-33(4,5)6/h9,13,17-19,25-26,29,35H,8,10-12,14-16,20-21H2,1-7H3/t25?,26?,29-/m1/s1. The maximum atomic E-state index is 15.0. The number of nitrogens with one attached hydrogen (secondary N) is 1. The van der Waals surface area contributed by atoms with Gasteiger partial charge in [-0.15, -0.1) is 0 Å². The monoisotopic (exact) mass is 557 g/mol. The lowest BCUT2D eigenvalue weighted by atomic mass is 9.82. The minimum Gasteiger partial charge on any atom is -0.496 e. The molecule has 1 N–H and O–H groups in total. The Hall–Kier alpha value is -2.64. The fourth-order valence-corrected chi connectivity index (χ4v) is 5.50. The first-order valence-corrected chi connectivity index (χ1v) is 14.6. The second kappa shape index (κ2) is 14.8. The first-order valence-electron chi connectivity index (χ1n) is 14.6. The largest absolute Gasteiger partial charge is 0.496 e. The van der Waals surface area contributed by atoms with Crippen LogP contribution in [0.4, 0.5) is 4.39 Å². The van der Waals surface area contributed by atoms with Crippen molar-refractivity contribution >= 4 is 5.97 Å².